The molecule has 0 aliphatic heterocycles. The number of hydrogen-bond donors (Lipinski definition) is 2. The van der Waals surface area contributed by atoms with E-state index in [1.165, 1.54) is 13.0 Å². The maximum Gasteiger partial charge on any atom is 0.143 e. The van der Waals surface area contributed by atoms with Crippen LogP contribution in [0.3, 0.4) is 0 Å². The maximum absolute atomic E-state index is 4.33. The van der Waals surface area contributed by atoms with Crippen LogP contribution >= 0.6 is 0 Å². The van der Waals surface area contributed by atoms with Gasteiger partial charge in [-0.25, -0.2) is 9.97 Å². The number of fused-ring (bicyclic) bond motifs is 1. The second kappa shape index (κ2) is 7.24. The number of nitrogens with zero attached hydrogens (tertiary/aromatic N) is 3. The molecule has 0 aliphatic rings. The smallest absolute Gasteiger partial charge is 0.143 e. The van der Waals surface area contributed by atoms with Crippen LogP contribution in [-0.2, 0) is 0 Å². The van der Waals surface area contributed by atoms with E-state index in [4.69, 9.17) is 0 Å². The first kappa shape index (κ1) is 14.8. The molecule has 0 aromatic carbocycles. The van der Waals surface area contributed by atoms with Gasteiger partial charge in [-0.15, -0.1) is 0 Å². The normalized spacial score (nSPS) is 11.4. The predicted molar refractivity (Wildman–Crippen MR) is 84.1 cm³/mol. The van der Waals surface area contributed by atoms with Crippen molar-refractivity contribution >= 4 is 16.9 Å². The van der Waals surface area contributed by atoms with Gasteiger partial charge in [0.25, 0.3) is 0 Å². The molecule has 0 radical (unpaired) electrons. The molecule has 0 bridgehead atoms. The number of hydrogen-bond acceptors (Lipinski definition) is 4. The van der Waals surface area contributed by atoms with Crippen LogP contribution in [0, 0.1) is 6.92 Å². The van der Waals surface area contributed by atoms with E-state index in [1.54, 1.807) is 6.33 Å². The van der Waals surface area contributed by atoms with Gasteiger partial charge in [-0.2, -0.15) is 0 Å². The molecule has 0 fully saturated rings. The summed E-state index contributed by atoms with van der Waals surface area (Å²) >= 11 is 0. The molecule has 2 rings (SSSR count). The van der Waals surface area contributed by atoms with Crippen molar-refractivity contribution in [3.8, 4) is 0 Å². The molecule has 0 unspecified atom stereocenters. The second-order valence-corrected chi connectivity index (χ2v) is 5.10. The molecule has 5 nitrogen and oxygen atoms in total. The van der Waals surface area contributed by atoms with Gasteiger partial charge >= 0.3 is 0 Å². The third-order valence-corrected chi connectivity index (χ3v) is 3.65. The zero-order valence-corrected chi connectivity index (χ0v) is 12.7. The lowest BCUT2D eigenvalue weighted by Gasteiger charge is -2.17. The molecule has 0 saturated heterocycles. The topological polar surface area (TPSA) is 56.8 Å². The summed E-state index contributed by atoms with van der Waals surface area (Å²) in [5, 5.41) is 4.50. The standard InChI is InChI=1S/C15H25N5/c1-4-20(5-2)9-7-6-8-16-14-13-10-12(3)19-15(13)18-11-17-14/h10-11H,4-9H2,1-3H3,(H2,16,17,18,19). The Kier molecular flexibility index (Phi) is 5.35. The molecule has 2 aromatic rings. The van der Waals surface area contributed by atoms with E-state index < -0.39 is 0 Å². The minimum Gasteiger partial charge on any atom is -0.369 e. The molecule has 0 saturated carbocycles. The van der Waals surface area contributed by atoms with Crippen LogP contribution in [0.25, 0.3) is 11.0 Å². The molecular formula is C15H25N5. The summed E-state index contributed by atoms with van der Waals surface area (Å²) in [7, 11) is 0. The number of unbranched alkanes of at least 4 members (excludes halogenated alkanes) is 1. The molecule has 0 spiro atoms. The van der Waals surface area contributed by atoms with Crippen LogP contribution in [0.2, 0.25) is 0 Å². The molecule has 0 aliphatic carbocycles. The van der Waals surface area contributed by atoms with Crippen molar-refractivity contribution in [1.29, 1.82) is 0 Å². The summed E-state index contributed by atoms with van der Waals surface area (Å²) in [5.41, 5.74) is 2.02. The van der Waals surface area contributed by atoms with Gasteiger partial charge in [0.15, 0.2) is 0 Å². The quantitative estimate of drug-likeness (QED) is 0.727. The largest absolute Gasteiger partial charge is 0.369 e. The fraction of sp³-hybridized carbons (Fsp3) is 0.600. The first-order valence-corrected chi connectivity index (χ1v) is 7.51. The van der Waals surface area contributed by atoms with E-state index in [2.05, 4.69) is 45.1 Å². The highest BCUT2D eigenvalue weighted by Gasteiger charge is 2.05. The lowest BCUT2D eigenvalue weighted by atomic mass is 10.2. The predicted octanol–water partition coefficient (Wildman–Crippen LogP) is 2.80. The van der Waals surface area contributed by atoms with Gasteiger partial charge in [-0.3, -0.25) is 0 Å². The Labute approximate surface area is 120 Å². The molecule has 0 atom stereocenters. The molecule has 20 heavy (non-hydrogen) atoms. The monoisotopic (exact) mass is 275 g/mol. The average molecular weight is 275 g/mol. The van der Waals surface area contributed by atoms with Gasteiger partial charge in [0.05, 0.1) is 5.39 Å². The number of aromatic nitrogens is 3. The highest BCUT2D eigenvalue weighted by Crippen LogP contribution is 2.19. The third-order valence-electron chi connectivity index (χ3n) is 3.65. The molecular weight excluding hydrogens is 250 g/mol. The Hall–Kier alpha value is -1.62. The van der Waals surface area contributed by atoms with Crippen molar-refractivity contribution in [2.75, 3.05) is 31.5 Å². The molecule has 2 N–H and O–H groups in total. The molecule has 0 amide bonds. The van der Waals surface area contributed by atoms with E-state index in [-0.39, 0.29) is 0 Å². The van der Waals surface area contributed by atoms with Gasteiger partial charge in [-0.05, 0) is 45.5 Å². The molecule has 2 heterocycles. The van der Waals surface area contributed by atoms with Gasteiger partial charge in [0.1, 0.15) is 17.8 Å². The fourth-order valence-corrected chi connectivity index (χ4v) is 2.42. The SMILES string of the molecule is CCN(CC)CCCCNc1ncnc2[nH]c(C)cc12. The maximum atomic E-state index is 4.33. The van der Waals surface area contributed by atoms with Gasteiger partial charge < -0.3 is 15.2 Å². The van der Waals surface area contributed by atoms with Crippen LogP contribution in [0.4, 0.5) is 5.82 Å². The van der Waals surface area contributed by atoms with E-state index >= 15 is 0 Å². The van der Waals surface area contributed by atoms with E-state index in [1.807, 2.05) is 6.92 Å². The molecule has 2 aromatic heterocycles. The zero-order chi connectivity index (χ0) is 14.4. The first-order valence-electron chi connectivity index (χ1n) is 7.51. The van der Waals surface area contributed by atoms with Crippen LogP contribution < -0.4 is 5.32 Å². The number of anilines is 1. The van der Waals surface area contributed by atoms with Gasteiger partial charge in [0.2, 0.25) is 0 Å². The van der Waals surface area contributed by atoms with Gasteiger partial charge in [0, 0.05) is 12.2 Å². The number of rotatable bonds is 8. The lowest BCUT2D eigenvalue weighted by Crippen LogP contribution is -2.24. The average Bonchev–Trinajstić information content (AvgIpc) is 2.84. The fourth-order valence-electron chi connectivity index (χ4n) is 2.42. The van der Waals surface area contributed by atoms with Crippen LogP contribution in [0.15, 0.2) is 12.4 Å². The highest BCUT2D eigenvalue weighted by atomic mass is 15.1. The van der Waals surface area contributed by atoms with Crippen molar-refractivity contribution in [1.82, 2.24) is 19.9 Å². The summed E-state index contributed by atoms with van der Waals surface area (Å²) < 4.78 is 0. The summed E-state index contributed by atoms with van der Waals surface area (Å²) in [4.78, 5) is 14.3. The number of H-pyrrole nitrogens is 1. The van der Waals surface area contributed by atoms with Crippen LogP contribution in [0.1, 0.15) is 32.4 Å². The minimum atomic E-state index is 0.906. The summed E-state index contributed by atoms with van der Waals surface area (Å²) in [6.45, 7) is 10.9. The highest BCUT2D eigenvalue weighted by molar-refractivity contribution is 5.87. The van der Waals surface area contributed by atoms with Crippen LogP contribution in [0.5, 0.6) is 0 Å². The number of aromatic amines is 1. The number of aryl methyl sites for hydroxylation is 1. The zero-order valence-electron chi connectivity index (χ0n) is 12.7. The molecule has 5 heteroatoms. The second-order valence-electron chi connectivity index (χ2n) is 5.10. The van der Waals surface area contributed by atoms with Gasteiger partial charge in [-0.1, -0.05) is 13.8 Å². The Balaban J connectivity index is 1.81. The van der Waals surface area contributed by atoms with E-state index in [9.17, 15) is 0 Å². The Bertz CT molecular complexity index is 530. The van der Waals surface area contributed by atoms with Crippen molar-refractivity contribution in [2.24, 2.45) is 0 Å². The third kappa shape index (κ3) is 3.70. The van der Waals surface area contributed by atoms with Crippen molar-refractivity contribution in [3.63, 3.8) is 0 Å². The summed E-state index contributed by atoms with van der Waals surface area (Å²) in [5.74, 6) is 0.933. The Morgan fingerprint density at radius 1 is 1.20 bits per heavy atom. The lowest BCUT2D eigenvalue weighted by molar-refractivity contribution is 0.298. The van der Waals surface area contributed by atoms with E-state index in [0.717, 1.165) is 48.6 Å². The van der Waals surface area contributed by atoms with E-state index in [0.29, 0.717) is 0 Å². The minimum absolute atomic E-state index is 0.906. The first-order chi connectivity index (χ1) is 9.74. The summed E-state index contributed by atoms with van der Waals surface area (Å²) in [6, 6.07) is 2.09. The van der Waals surface area contributed by atoms with Crippen molar-refractivity contribution < 1.29 is 0 Å². The van der Waals surface area contributed by atoms with Crippen molar-refractivity contribution in [3.05, 3.63) is 18.1 Å². The van der Waals surface area contributed by atoms with Crippen molar-refractivity contribution in [2.45, 2.75) is 33.6 Å². The number of nitrogens with one attached hydrogen (secondary N) is 2. The Morgan fingerprint density at radius 3 is 2.75 bits per heavy atom. The Morgan fingerprint density at radius 2 is 2.00 bits per heavy atom. The summed E-state index contributed by atoms with van der Waals surface area (Å²) in [6.07, 6.45) is 3.98. The van der Waals surface area contributed by atoms with Crippen LogP contribution in [-0.4, -0.2) is 46.0 Å². The molecule has 110 valence electrons.